The molecule has 0 fully saturated rings. The Bertz CT molecular complexity index is 1490. The van der Waals surface area contributed by atoms with Crippen LogP contribution in [-0.2, 0) is 19.2 Å². The van der Waals surface area contributed by atoms with Crippen molar-refractivity contribution in [3.63, 3.8) is 0 Å². The molecule has 3 aromatic carbocycles. The average Bonchev–Trinajstić information content (AvgIpc) is 3.38. The van der Waals surface area contributed by atoms with Crippen LogP contribution in [-0.4, -0.2) is 30.9 Å². The number of nitrogens with zero attached hydrogens (tertiary/aromatic N) is 1. The van der Waals surface area contributed by atoms with Gasteiger partial charge in [0.05, 0.1) is 33.8 Å². The molecule has 0 atom stereocenters. The van der Waals surface area contributed by atoms with E-state index in [2.05, 4.69) is 20.8 Å². The summed E-state index contributed by atoms with van der Waals surface area (Å²) in [6.07, 6.45) is 1.59. The minimum Gasteiger partial charge on any atom is -0.494 e. The molecule has 0 unspecified atom stereocenters. The van der Waals surface area contributed by atoms with Gasteiger partial charge in [0.15, 0.2) is 0 Å². The van der Waals surface area contributed by atoms with Gasteiger partial charge >= 0.3 is 10.1 Å². The van der Waals surface area contributed by atoms with Gasteiger partial charge in [-0.25, -0.2) is 10.5 Å². The molecule has 2 heterocycles. The van der Waals surface area contributed by atoms with Crippen LogP contribution in [0.4, 0.5) is 11.4 Å². The highest BCUT2D eigenvalue weighted by Gasteiger charge is 2.27. The van der Waals surface area contributed by atoms with Crippen molar-refractivity contribution in [1.29, 1.82) is 0 Å². The normalized spacial score (nSPS) is 14.3. The fourth-order valence-electron chi connectivity index (χ4n) is 3.58. The Morgan fingerprint density at radius 3 is 2.62 bits per heavy atom. The molecule has 4 aromatic rings. The Morgan fingerprint density at radius 1 is 1.06 bits per heavy atom. The smallest absolute Gasteiger partial charge is 0.317 e. The SMILES string of the molecule is CCOc1ccc(NOS(=O)(=O)c2ccc3c(c2)C(=Cc2nc4ccccc4[nH]2)C(=O)N3)cc1. The Hall–Kier alpha value is -4.15. The molecule has 0 spiro atoms. The highest BCUT2D eigenvalue weighted by Crippen LogP contribution is 2.35. The van der Waals surface area contributed by atoms with Gasteiger partial charge in [-0.1, -0.05) is 12.1 Å². The first-order chi connectivity index (χ1) is 16.4. The highest BCUT2D eigenvalue weighted by atomic mass is 32.2. The van der Waals surface area contributed by atoms with Crippen molar-refractivity contribution < 1.29 is 22.2 Å². The van der Waals surface area contributed by atoms with Crippen LogP contribution < -0.4 is 15.5 Å². The van der Waals surface area contributed by atoms with Crippen LogP contribution in [0.2, 0.25) is 0 Å². The molecule has 10 heteroatoms. The maximum Gasteiger partial charge on any atom is 0.317 e. The molecule has 1 aliphatic heterocycles. The van der Waals surface area contributed by atoms with Crippen LogP contribution in [0.15, 0.2) is 71.6 Å². The monoisotopic (exact) mass is 476 g/mol. The number of ether oxygens (including phenoxy) is 1. The van der Waals surface area contributed by atoms with E-state index in [1.807, 2.05) is 31.2 Å². The molecule has 0 bridgehead atoms. The summed E-state index contributed by atoms with van der Waals surface area (Å²) in [7, 11) is -4.17. The number of imidazole rings is 1. The maximum absolute atomic E-state index is 12.8. The lowest BCUT2D eigenvalue weighted by molar-refractivity contribution is -0.110. The third-order valence-corrected chi connectivity index (χ3v) is 6.32. The second-order valence-corrected chi connectivity index (χ2v) is 9.00. The number of carbonyl (C=O) groups is 1. The molecule has 0 saturated carbocycles. The fraction of sp³-hybridized carbons (Fsp3) is 0.0833. The Kier molecular flexibility index (Phi) is 5.52. The number of rotatable bonds is 7. The lowest BCUT2D eigenvalue weighted by Crippen LogP contribution is -2.12. The van der Waals surface area contributed by atoms with Crippen molar-refractivity contribution in [3.8, 4) is 5.75 Å². The van der Waals surface area contributed by atoms with E-state index in [9.17, 15) is 13.2 Å². The van der Waals surface area contributed by atoms with Gasteiger partial charge in [0.25, 0.3) is 5.91 Å². The van der Waals surface area contributed by atoms with Crippen LogP contribution in [0.3, 0.4) is 0 Å². The van der Waals surface area contributed by atoms with Gasteiger partial charge in [-0.3, -0.25) is 4.79 Å². The second-order valence-electron chi connectivity index (χ2n) is 7.46. The number of nitrogens with one attached hydrogen (secondary N) is 3. The number of hydrogen-bond donors (Lipinski definition) is 3. The van der Waals surface area contributed by atoms with Crippen LogP contribution in [0, 0.1) is 0 Å². The summed E-state index contributed by atoms with van der Waals surface area (Å²) in [4.78, 5) is 20.1. The first-order valence-electron chi connectivity index (χ1n) is 10.5. The predicted octanol–water partition coefficient (Wildman–Crippen LogP) is 4.19. The third-order valence-electron chi connectivity index (χ3n) is 5.19. The number of aromatic amines is 1. The van der Waals surface area contributed by atoms with E-state index >= 15 is 0 Å². The summed E-state index contributed by atoms with van der Waals surface area (Å²) in [5.74, 6) is 0.801. The Balaban J connectivity index is 1.40. The Morgan fingerprint density at radius 2 is 1.85 bits per heavy atom. The number of carbonyl (C=O) groups excluding carboxylic acids is 1. The van der Waals surface area contributed by atoms with E-state index in [-0.39, 0.29) is 10.8 Å². The predicted molar refractivity (Wildman–Crippen MR) is 129 cm³/mol. The van der Waals surface area contributed by atoms with Gasteiger partial charge in [-0.05, 0) is 67.6 Å². The van der Waals surface area contributed by atoms with E-state index in [0.29, 0.717) is 40.7 Å². The van der Waals surface area contributed by atoms with E-state index in [4.69, 9.17) is 9.02 Å². The maximum atomic E-state index is 12.8. The van der Waals surface area contributed by atoms with E-state index in [0.717, 1.165) is 11.0 Å². The van der Waals surface area contributed by atoms with Crippen molar-refractivity contribution in [1.82, 2.24) is 9.97 Å². The molecule has 34 heavy (non-hydrogen) atoms. The summed E-state index contributed by atoms with van der Waals surface area (Å²) in [5.41, 5.74) is 5.72. The quantitative estimate of drug-likeness (QED) is 0.270. The largest absolute Gasteiger partial charge is 0.494 e. The van der Waals surface area contributed by atoms with E-state index < -0.39 is 10.1 Å². The standard InChI is InChI=1S/C24H20N4O5S/c1-2-32-16-9-7-15(8-10-16)28-33-34(30,31)17-11-12-20-18(13-17)19(24(29)27-20)14-23-25-21-5-3-4-6-22(21)26-23/h3-14,28H,2H2,1H3,(H,25,26)(H,27,29). The molecule has 172 valence electrons. The number of anilines is 2. The van der Waals surface area contributed by atoms with Crippen LogP contribution in [0.5, 0.6) is 5.75 Å². The lowest BCUT2D eigenvalue weighted by atomic mass is 10.1. The molecule has 3 N–H and O–H groups in total. The van der Waals surface area contributed by atoms with Gasteiger partial charge < -0.3 is 15.0 Å². The number of hydrogen-bond acceptors (Lipinski definition) is 7. The number of amides is 1. The van der Waals surface area contributed by atoms with E-state index in [1.165, 1.54) is 18.2 Å². The molecule has 0 radical (unpaired) electrons. The zero-order valence-corrected chi connectivity index (χ0v) is 18.8. The van der Waals surface area contributed by atoms with Gasteiger partial charge in [-0.15, -0.1) is 4.28 Å². The number of H-pyrrole nitrogens is 1. The average molecular weight is 477 g/mol. The van der Waals surface area contributed by atoms with Crippen LogP contribution in [0.25, 0.3) is 22.7 Å². The van der Waals surface area contributed by atoms with Crippen molar-refractivity contribution in [2.45, 2.75) is 11.8 Å². The molecule has 0 saturated heterocycles. The summed E-state index contributed by atoms with van der Waals surface area (Å²) >= 11 is 0. The molecular weight excluding hydrogens is 456 g/mol. The van der Waals surface area contributed by atoms with Crippen molar-refractivity contribution in [3.05, 3.63) is 78.1 Å². The highest BCUT2D eigenvalue weighted by molar-refractivity contribution is 7.86. The molecule has 9 nitrogen and oxygen atoms in total. The van der Waals surface area contributed by atoms with Gasteiger partial charge in [0, 0.05) is 11.3 Å². The summed E-state index contributed by atoms with van der Waals surface area (Å²) in [5, 5.41) is 2.74. The van der Waals surface area contributed by atoms with Gasteiger partial charge in [-0.2, -0.15) is 8.42 Å². The Labute approximate surface area is 195 Å². The lowest BCUT2D eigenvalue weighted by Gasteiger charge is -2.09. The fourth-order valence-corrected chi connectivity index (χ4v) is 4.38. The summed E-state index contributed by atoms with van der Waals surface area (Å²) < 4.78 is 36.0. The topological polar surface area (TPSA) is 122 Å². The minimum absolute atomic E-state index is 0.100. The van der Waals surface area contributed by atoms with Crippen LogP contribution in [0.1, 0.15) is 18.3 Å². The third kappa shape index (κ3) is 4.24. The van der Waals surface area contributed by atoms with E-state index in [1.54, 1.807) is 30.3 Å². The number of benzene rings is 3. The molecular formula is C24H20N4O5S. The molecule has 1 aliphatic rings. The van der Waals surface area contributed by atoms with Crippen molar-refractivity contribution in [2.75, 3.05) is 17.4 Å². The zero-order valence-electron chi connectivity index (χ0n) is 18.0. The molecule has 1 amide bonds. The summed E-state index contributed by atoms with van der Waals surface area (Å²) in [6.45, 7) is 2.40. The molecule has 0 aliphatic carbocycles. The molecule has 1 aromatic heterocycles. The zero-order chi connectivity index (χ0) is 23.7. The number of fused-ring (bicyclic) bond motifs is 2. The van der Waals surface area contributed by atoms with Crippen molar-refractivity contribution >= 4 is 50.1 Å². The van der Waals surface area contributed by atoms with Crippen LogP contribution >= 0.6 is 0 Å². The first kappa shape index (κ1) is 21.7. The van der Waals surface area contributed by atoms with Crippen molar-refractivity contribution in [2.24, 2.45) is 0 Å². The minimum atomic E-state index is -4.17. The van der Waals surface area contributed by atoms with Gasteiger partial charge in [0.1, 0.15) is 11.6 Å². The number of aromatic nitrogens is 2. The first-order valence-corrected chi connectivity index (χ1v) is 11.9. The second kappa shape index (κ2) is 8.65. The van der Waals surface area contributed by atoms with Gasteiger partial charge in [0.2, 0.25) is 0 Å². The summed E-state index contributed by atoms with van der Waals surface area (Å²) in [6, 6.07) is 18.5. The molecule has 5 rings (SSSR count). The number of para-hydroxylation sites is 2.